The summed E-state index contributed by atoms with van der Waals surface area (Å²) in [6.45, 7) is 1.89. The number of nitriles is 1. The number of anilines is 1. The van der Waals surface area contributed by atoms with Crippen molar-refractivity contribution in [3.05, 3.63) is 94.5 Å². The molecule has 0 aliphatic heterocycles. The second kappa shape index (κ2) is 8.39. The maximum absolute atomic E-state index is 13.0. The highest BCUT2D eigenvalue weighted by molar-refractivity contribution is 6.31. The van der Waals surface area contributed by atoms with Crippen molar-refractivity contribution in [2.45, 2.75) is 13.0 Å². The molecule has 3 rings (SSSR count). The van der Waals surface area contributed by atoms with Gasteiger partial charge < -0.3 is 10.1 Å². The fraction of sp³-hybridized carbons (Fsp3) is 0.0909. The molecule has 0 heterocycles. The van der Waals surface area contributed by atoms with Crippen LogP contribution in [0.5, 0.6) is 5.75 Å². The largest absolute Gasteiger partial charge is 0.474 e. The Hall–Kier alpha value is -3.29. The van der Waals surface area contributed by atoms with Gasteiger partial charge in [-0.1, -0.05) is 60.1 Å². The highest BCUT2D eigenvalue weighted by Gasteiger charge is 2.24. The minimum Gasteiger partial charge on any atom is -0.474 e. The first-order chi connectivity index (χ1) is 13.1. The first-order valence-corrected chi connectivity index (χ1v) is 8.74. The highest BCUT2D eigenvalue weighted by Crippen LogP contribution is 2.27. The number of rotatable bonds is 5. The van der Waals surface area contributed by atoms with Crippen molar-refractivity contribution in [2.24, 2.45) is 0 Å². The summed E-state index contributed by atoms with van der Waals surface area (Å²) < 4.78 is 5.94. The molecule has 4 nitrogen and oxygen atoms in total. The van der Waals surface area contributed by atoms with Crippen molar-refractivity contribution in [1.29, 1.82) is 5.26 Å². The number of ether oxygens (including phenoxy) is 1. The Bertz CT molecular complexity index is 997. The average Bonchev–Trinajstić information content (AvgIpc) is 2.69. The minimum atomic E-state index is -0.916. The lowest BCUT2D eigenvalue weighted by molar-refractivity contribution is -0.123. The monoisotopic (exact) mass is 376 g/mol. The Kier molecular flexibility index (Phi) is 5.75. The van der Waals surface area contributed by atoms with Crippen LogP contribution in [0.4, 0.5) is 5.69 Å². The molecule has 0 spiro atoms. The number of nitrogens with zero attached hydrogens (tertiary/aromatic N) is 1. The Labute approximate surface area is 163 Å². The van der Waals surface area contributed by atoms with Crippen LogP contribution in [-0.2, 0) is 4.79 Å². The van der Waals surface area contributed by atoms with Crippen LogP contribution in [-0.4, -0.2) is 5.91 Å². The van der Waals surface area contributed by atoms with E-state index in [4.69, 9.17) is 16.3 Å². The van der Waals surface area contributed by atoms with Crippen molar-refractivity contribution >= 4 is 23.2 Å². The molecule has 0 aliphatic rings. The van der Waals surface area contributed by atoms with Gasteiger partial charge in [-0.3, -0.25) is 4.79 Å². The second-order valence-corrected chi connectivity index (χ2v) is 6.38. The number of halogens is 1. The fourth-order valence-electron chi connectivity index (χ4n) is 2.57. The van der Waals surface area contributed by atoms with Crippen molar-refractivity contribution in [1.82, 2.24) is 0 Å². The van der Waals surface area contributed by atoms with E-state index in [1.165, 1.54) is 0 Å². The van der Waals surface area contributed by atoms with Gasteiger partial charge in [0.25, 0.3) is 5.91 Å². The number of hydrogen-bond acceptors (Lipinski definition) is 3. The van der Waals surface area contributed by atoms with Crippen LogP contribution in [0, 0.1) is 18.3 Å². The maximum atomic E-state index is 13.0. The van der Waals surface area contributed by atoms with E-state index in [-0.39, 0.29) is 5.91 Å². The summed E-state index contributed by atoms with van der Waals surface area (Å²) in [4.78, 5) is 13.0. The van der Waals surface area contributed by atoms with Crippen molar-refractivity contribution < 1.29 is 9.53 Å². The second-order valence-electron chi connectivity index (χ2n) is 5.97. The number of amides is 1. The molecular formula is C22H17ClN2O2. The minimum absolute atomic E-state index is 0.353. The maximum Gasteiger partial charge on any atom is 0.270 e. The zero-order valence-electron chi connectivity index (χ0n) is 14.6. The molecule has 1 unspecified atom stereocenters. The molecule has 1 N–H and O–H groups in total. The van der Waals surface area contributed by atoms with Gasteiger partial charge in [0, 0.05) is 16.3 Å². The molecule has 0 aromatic heterocycles. The van der Waals surface area contributed by atoms with Crippen molar-refractivity contribution in [3.63, 3.8) is 0 Å². The van der Waals surface area contributed by atoms with Gasteiger partial charge in [0.1, 0.15) is 11.8 Å². The van der Waals surface area contributed by atoms with Gasteiger partial charge in [-0.15, -0.1) is 0 Å². The molecule has 0 saturated heterocycles. The van der Waals surface area contributed by atoms with Crippen LogP contribution in [0.15, 0.2) is 72.8 Å². The van der Waals surface area contributed by atoms with Crippen molar-refractivity contribution in [3.8, 4) is 11.8 Å². The summed E-state index contributed by atoms with van der Waals surface area (Å²) in [5.41, 5.74) is 2.55. The molecule has 0 saturated carbocycles. The molecule has 1 amide bonds. The standard InChI is InChI=1S/C22H17ClN2O2/c1-15-11-12-18(13-19(15)23)25-22(26)21(16-7-3-2-4-8-16)27-20-10-6-5-9-17(20)14-24/h2-13,21H,1H3,(H,25,26). The molecule has 1 atom stereocenters. The summed E-state index contributed by atoms with van der Waals surface area (Å²) >= 11 is 6.14. The molecule has 134 valence electrons. The smallest absolute Gasteiger partial charge is 0.270 e. The quantitative estimate of drug-likeness (QED) is 0.659. The summed E-state index contributed by atoms with van der Waals surface area (Å²) in [7, 11) is 0. The number of carbonyl (C=O) groups is 1. The SMILES string of the molecule is Cc1ccc(NC(=O)C(Oc2ccccc2C#N)c2ccccc2)cc1Cl. The zero-order chi connectivity index (χ0) is 19.2. The normalized spacial score (nSPS) is 11.3. The van der Waals surface area contributed by atoms with E-state index >= 15 is 0 Å². The first-order valence-electron chi connectivity index (χ1n) is 8.36. The van der Waals surface area contributed by atoms with E-state index in [2.05, 4.69) is 11.4 Å². The van der Waals surface area contributed by atoms with Crippen LogP contribution >= 0.6 is 11.6 Å². The number of carbonyl (C=O) groups excluding carboxylic acids is 1. The third-order valence-electron chi connectivity index (χ3n) is 4.03. The van der Waals surface area contributed by atoms with E-state index in [0.29, 0.717) is 27.6 Å². The van der Waals surface area contributed by atoms with Crippen LogP contribution in [0.3, 0.4) is 0 Å². The molecular weight excluding hydrogens is 360 g/mol. The van der Waals surface area contributed by atoms with Gasteiger partial charge in [-0.05, 0) is 36.8 Å². The van der Waals surface area contributed by atoms with Crippen LogP contribution in [0.2, 0.25) is 5.02 Å². The van der Waals surface area contributed by atoms with Gasteiger partial charge in [-0.2, -0.15) is 5.26 Å². The topological polar surface area (TPSA) is 62.1 Å². The van der Waals surface area contributed by atoms with Gasteiger partial charge in [0.15, 0.2) is 0 Å². The molecule has 0 bridgehead atoms. The summed E-state index contributed by atoms with van der Waals surface area (Å²) in [5.74, 6) is -0.000181. The van der Waals surface area contributed by atoms with Gasteiger partial charge in [-0.25, -0.2) is 0 Å². The first kappa shape index (κ1) is 18.5. The Morgan fingerprint density at radius 1 is 1.07 bits per heavy atom. The van der Waals surface area contributed by atoms with E-state index in [1.807, 2.05) is 31.2 Å². The number of hydrogen-bond donors (Lipinski definition) is 1. The molecule has 5 heteroatoms. The van der Waals surface area contributed by atoms with E-state index in [0.717, 1.165) is 5.56 Å². The lowest BCUT2D eigenvalue weighted by Crippen LogP contribution is -2.26. The molecule has 0 radical (unpaired) electrons. The van der Waals surface area contributed by atoms with Crippen LogP contribution in [0.1, 0.15) is 22.8 Å². The molecule has 3 aromatic rings. The number of para-hydroxylation sites is 1. The third kappa shape index (κ3) is 4.46. The summed E-state index contributed by atoms with van der Waals surface area (Å²) in [5, 5.41) is 12.7. The van der Waals surface area contributed by atoms with Crippen LogP contribution < -0.4 is 10.1 Å². The molecule has 27 heavy (non-hydrogen) atoms. The van der Waals surface area contributed by atoms with E-state index in [9.17, 15) is 10.1 Å². The lowest BCUT2D eigenvalue weighted by atomic mass is 10.1. The Morgan fingerprint density at radius 3 is 2.48 bits per heavy atom. The van der Waals surface area contributed by atoms with Gasteiger partial charge >= 0.3 is 0 Å². The van der Waals surface area contributed by atoms with E-state index < -0.39 is 6.10 Å². The fourth-order valence-corrected chi connectivity index (χ4v) is 2.75. The lowest BCUT2D eigenvalue weighted by Gasteiger charge is -2.20. The van der Waals surface area contributed by atoms with Crippen LogP contribution in [0.25, 0.3) is 0 Å². The van der Waals surface area contributed by atoms with Crippen molar-refractivity contribution in [2.75, 3.05) is 5.32 Å². The van der Waals surface area contributed by atoms with Gasteiger partial charge in [0.2, 0.25) is 6.10 Å². The predicted octanol–water partition coefficient (Wildman–Crippen LogP) is 5.28. The number of benzene rings is 3. The third-order valence-corrected chi connectivity index (χ3v) is 4.44. The Morgan fingerprint density at radius 2 is 1.78 bits per heavy atom. The average molecular weight is 377 g/mol. The molecule has 3 aromatic carbocycles. The zero-order valence-corrected chi connectivity index (χ0v) is 15.4. The molecule has 0 aliphatic carbocycles. The summed E-state index contributed by atoms with van der Waals surface area (Å²) in [6.07, 6.45) is -0.916. The predicted molar refractivity (Wildman–Crippen MR) is 106 cm³/mol. The Balaban J connectivity index is 1.91. The van der Waals surface area contributed by atoms with E-state index in [1.54, 1.807) is 48.5 Å². The highest BCUT2D eigenvalue weighted by atomic mass is 35.5. The molecule has 0 fully saturated rings. The number of nitrogens with one attached hydrogen (secondary N) is 1. The number of aryl methyl sites for hydroxylation is 1. The summed E-state index contributed by atoms with van der Waals surface area (Å²) in [6, 6.07) is 23.4. The van der Waals surface area contributed by atoms with Gasteiger partial charge in [0.05, 0.1) is 5.56 Å².